The van der Waals surface area contributed by atoms with Crippen molar-refractivity contribution in [2.24, 2.45) is 0 Å². The van der Waals surface area contributed by atoms with E-state index in [1.807, 2.05) is 31.2 Å². The van der Waals surface area contributed by atoms with Gasteiger partial charge in [0.2, 0.25) is 0 Å². The number of hydrogen-bond acceptors (Lipinski definition) is 3. The van der Waals surface area contributed by atoms with Gasteiger partial charge in [0, 0.05) is 13.1 Å². The number of alkyl halides is 3. The van der Waals surface area contributed by atoms with Crippen LogP contribution in [-0.2, 0) is 9.47 Å². The first-order chi connectivity index (χ1) is 10.4. The number of ether oxygens (including phenoxy) is 2. The third-order valence-corrected chi connectivity index (χ3v) is 3.29. The molecule has 1 N–H and O–H groups in total. The minimum Gasteiger partial charge on any atom is -0.663 e. The molecule has 23 heavy (non-hydrogen) atoms. The Morgan fingerprint density at radius 3 is 2.57 bits per heavy atom. The summed E-state index contributed by atoms with van der Waals surface area (Å²) < 4.78 is 46.5. The Morgan fingerprint density at radius 1 is 1.26 bits per heavy atom. The van der Waals surface area contributed by atoms with E-state index in [4.69, 9.17) is 9.47 Å². The Kier molecular flexibility index (Phi) is 9.61. The van der Waals surface area contributed by atoms with Crippen LogP contribution in [0.2, 0.25) is 0 Å². The van der Waals surface area contributed by atoms with Gasteiger partial charge in [0.15, 0.2) is 0 Å². The van der Waals surface area contributed by atoms with Gasteiger partial charge in [0.1, 0.15) is 0 Å². The summed E-state index contributed by atoms with van der Waals surface area (Å²) >= 11 is 0. The van der Waals surface area contributed by atoms with E-state index in [2.05, 4.69) is 10.6 Å². The van der Waals surface area contributed by atoms with E-state index in [0.717, 1.165) is 18.7 Å². The van der Waals surface area contributed by atoms with Crippen molar-refractivity contribution in [2.75, 3.05) is 26.4 Å². The molecule has 1 aromatic rings. The molecule has 0 spiro atoms. The van der Waals surface area contributed by atoms with Crippen molar-refractivity contribution in [3.05, 3.63) is 35.1 Å². The Balaban J connectivity index is 0.00000264. The zero-order valence-corrected chi connectivity index (χ0v) is 16.5. The third-order valence-electron chi connectivity index (χ3n) is 3.29. The maximum absolute atomic E-state index is 11.9. The van der Waals surface area contributed by atoms with Gasteiger partial charge in [-0.1, -0.05) is 24.3 Å². The first-order valence-electron chi connectivity index (χ1n) is 7.22. The second kappa shape index (κ2) is 10.3. The molecule has 0 aliphatic carbocycles. The molecular formula is C15H20F3KN2O2. The molecule has 1 aliphatic rings. The molecule has 0 unspecified atom stereocenters. The summed E-state index contributed by atoms with van der Waals surface area (Å²) in [6, 6.07) is 7.45. The summed E-state index contributed by atoms with van der Waals surface area (Å²) in [4.78, 5) is 0. The predicted molar refractivity (Wildman–Crippen MR) is 77.1 cm³/mol. The molecule has 0 amide bonds. The number of halogens is 3. The van der Waals surface area contributed by atoms with Crippen LogP contribution < -0.4 is 56.7 Å². The van der Waals surface area contributed by atoms with Crippen LogP contribution in [0.4, 0.5) is 18.9 Å². The van der Waals surface area contributed by atoms with Gasteiger partial charge in [-0.15, -0.1) is 5.69 Å². The van der Waals surface area contributed by atoms with E-state index in [1.165, 1.54) is 0 Å². The fourth-order valence-electron chi connectivity index (χ4n) is 2.16. The van der Waals surface area contributed by atoms with Crippen LogP contribution in [0.15, 0.2) is 24.3 Å². The Morgan fingerprint density at radius 2 is 1.96 bits per heavy atom. The van der Waals surface area contributed by atoms with E-state index in [1.54, 1.807) is 0 Å². The first-order valence-corrected chi connectivity index (χ1v) is 7.22. The van der Waals surface area contributed by atoms with Crippen molar-refractivity contribution < 1.29 is 74.0 Å². The van der Waals surface area contributed by atoms with E-state index >= 15 is 0 Å². The SMILES string of the molecule is C[C@@H]1CNC[C@H](c2ccc([N-]COCCC(F)(F)F)cc2)O1.[K+]. The van der Waals surface area contributed by atoms with Gasteiger partial charge in [-0.3, -0.25) is 0 Å². The predicted octanol–water partition coefficient (Wildman–Crippen LogP) is 0.672. The van der Waals surface area contributed by atoms with Crippen molar-refractivity contribution in [1.82, 2.24) is 5.32 Å². The van der Waals surface area contributed by atoms with Gasteiger partial charge in [-0.05, 0) is 19.2 Å². The van der Waals surface area contributed by atoms with Crippen molar-refractivity contribution in [2.45, 2.75) is 31.7 Å². The average molecular weight is 356 g/mol. The Hall–Kier alpha value is 0.326. The molecule has 124 valence electrons. The summed E-state index contributed by atoms with van der Waals surface area (Å²) in [6.45, 7) is 3.18. The number of rotatable bonds is 6. The first kappa shape index (κ1) is 21.4. The van der Waals surface area contributed by atoms with Crippen molar-refractivity contribution in [1.29, 1.82) is 0 Å². The summed E-state index contributed by atoms with van der Waals surface area (Å²) in [5.74, 6) is 0. The molecule has 1 aliphatic heterocycles. The van der Waals surface area contributed by atoms with E-state index in [-0.39, 0.29) is 76.9 Å². The van der Waals surface area contributed by atoms with E-state index < -0.39 is 12.6 Å². The standard InChI is InChI=1S/C15H20F3N2O2.K/c1-11-8-19-9-14(22-11)12-2-4-13(5-3-12)20-10-21-7-6-15(16,17)18;/h2-5,11,14,19H,6-10H2,1H3;/q-1;+1/t11-,14-;/m1./s1. The fourth-order valence-corrected chi connectivity index (χ4v) is 2.16. The smallest absolute Gasteiger partial charge is 0.663 e. The van der Waals surface area contributed by atoms with Crippen molar-refractivity contribution in [3.63, 3.8) is 0 Å². The molecule has 0 aromatic heterocycles. The normalized spacial score (nSPS) is 21.6. The number of morpholine rings is 1. The minimum atomic E-state index is -4.19. The van der Waals surface area contributed by atoms with Crippen LogP contribution in [0.5, 0.6) is 0 Å². The largest absolute Gasteiger partial charge is 1.00 e. The second-order valence-corrected chi connectivity index (χ2v) is 5.25. The molecule has 1 heterocycles. The molecule has 0 radical (unpaired) electrons. The fraction of sp³-hybridized carbons (Fsp3) is 0.600. The van der Waals surface area contributed by atoms with Crippen LogP contribution in [0.3, 0.4) is 0 Å². The maximum atomic E-state index is 11.9. The maximum Gasteiger partial charge on any atom is 1.00 e. The zero-order chi connectivity index (χ0) is 16.0. The summed E-state index contributed by atoms with van der Waals surface area (Å²) in [5, 5.41) is 7.38. The quantitative estimate of drug-likeness (QED) is 0.602. The van der Waals surface area contributed by atoms with Crippen molar-refractivity contribution in [3.8, 4) is 0 Å². The van der Waals surface area contributed by atoms with Gasteiger partial charge in [-0.2, -0.15) is 13.2 Å². The van der Waals surface area contributed by atoms with Gasteiger partial charge < -0.3 is 20.1 Å². The van der Waals surface area contributed by atoms with Crippen molar-refractivity contribution >= 4 is 5.69 Å². The average Bonchev–Trinajstić information content (AvgIpc) is 2.46. The van der Waals surface area contributed by atoms with E-state index in [9.17, 15) is 13.2 Å². The summed E-state index contributed by atoms with van der Waals surface area (Å²) in [7, 11) is 0. The zero-order valence-electron chi connectivity index (χ0n) is 13.4. The second-order valence-electron chi connectivity index (χ2n) is 5.25. The molecule has 0 bridgehead atoms. The minimum absolute atomic E-state index is 0. The Bertz CT molecular complexity index is 457. The number of nitrogens with one attached hydrogen (secondary N) is 1. The molecular weight excluding hydrogens is 336 g/mol. The van der Waals surface area contributed by atoms with Crippen LogP contribution in [0.1, 0.15) is 25.0 Å². The Labute approximate surface area is 176 Å². The summed E-state index contributed by atoms with van der Waals surface area (Å²) in [5.41, 5.74) is 1.73. The van der Waals surface area contributed by atoms with Crippen LogP contribution >= 0.6 is 0 Å². The van der Waals surface area contributed by atoms with Gasteiger partial charge in [0.25, 0.3) is 0 Å². The number of benzene rings is 1. The summed E-state index contributed by atoms with van der Waals surface area (Å²) in [6.07, 6.45) is -4.95. The van der Waals surface area contributed by atoms with Crippen LogP contribution in [0, 0.1) is 0 Å². The molecule has 1 fully saturated rings. The van der Waals surface area contributed by atoms with E-state index in [0.29, 0.717) is 5.69 Å². The molecule has 4 nitrogen and oxygen atoms in total. The van der Waals surface area contributed by atoms with Crippen LogP contribution in [-0.4, -0.2) is 38.7 Å². The van der Waals surface area contributed by atoms with Gasteiger partial charge in [-0.25, -0.2) is 0 Å². The molecule has 8 heteroatoms. The van der Waals surface area contributed by atoms with Gasteiger partial charge in [0.05, 0.1) is 25.2 Å². The number of hydrogen-bond donors (Lipinski definition) is 1. The monoisotopic (exact) mass is 356 g/mol. The third kappa shape index (κ3) is 8.31. The molecule has 2 atom stereocenters. The molecule has 0 saturated carbocycles. The van der Waals surface area contributed by atoms with Crippen LogP contribution in [0.25, 0.3) is 5.32 Å². The molecule has 1 saturated heterocycles. The molecule has 2 rings (SSSR count). The van der Waals surface area contributed by atoms with Gasteiger partial charge >= 0.3 is 57.6 Å². The molecule has 1 aromatic carbocycles. The topological polar surface area (TPSA) is 44.6 Å². The number of nitrogens with zero attached hydrogens (tertiary/aromatic N) is 1.